The monoisotopic (exact) mass is 444 g/mol. The van der Waals surface area contributed by atoms with E-state index in [2.05, 4.69) is 20.6 Å². The second-order valence-electron chi connectivity index (χ2n) is 6.35. The zero-order valence-corrected chi connectivity index (χ0v) is 17.2. The number of aromatic amines is 1. The van der Waals surface area contributed by atoms with Crippen molar-refractivity contribution in [3.63, 3.8) is 0 Å². The molecule has 0 radical (unpaired) electrons. The molecule has 0 aliphatic heterocycles. The van der Waals surface area contributed by atoms with Crippen molar-refractivity contribution in [3.05, 3.63) is 82.3 Å². The summed E-state index contributed by atoms with van der Waals surface area (Å²) in [5.41, 5.74) is 2.85. The van der Waals surface area contributed by atoms with E-state index < -0.39 is 9.84 Å². The van der Waals surface area contributed by atoms with Crippen LogP contribution in [0.5, 0.6) is 0 Å². The van der Waals surface area contributed by atoms with E-state index in [4.69, 9.17) is 23.2 Å². The largest absolute Gasteiger partial charge is 0.223 e. The highest BCUT2D eigenvalue weighted by Crippen LogP contribution is 2.30. The van der Waals surface area contributed by atoms with Crippen LogP contribution < -0.4 is 0 Å². The molecule has 0 saturated heterocycles. The van der Waals surface area contributed by atoms with Crippen molar-refractivity contribution in [1.82, 2.24) is 20.6 Å². The van der Waals surface area contributed by atoms with Crippen LogP contribution in [0.25, 0.3) is 22.5 Å². The van der Waals surface area contributed by atoms with Gasteiger partial charge in [-0.25, -0.2) is 8.42 Å². The Labute approximate surface area is 177 Å². The highest BCUT2D eigenvalue weighted by Gasteiger charge is 2.17. The van der Waals surface area contributed by atoms with Gasteiger partial charge in [0.1, 0.15) is 0 Å². The molecule has 4 aromatic rings. The Balaban J connectivity index is 1.64. The van der Waals surface area contributed by atoms with E-state index >= 15 is 0 Å². The number of rotatable bonds is 5. The predicted octanol–water partition coefficient (Wildman–Crippen LogP) is 4.81. The average Bonchev–Trinajstić information content (AvgIpc) is 3.25. The van der Waals surface area contributed by atoms with Crippen LogP contribution in [-0.4, -0.2) is 29.0 Å². The Hall–Kier alpha value is -2.74. The third-order valence-corrected chi connectivity index (χ3v) is 6.76. The van der Waals surface area contributed by atoms with Gasteiger partial charge >= 0.3 is 0 Å². The molecule has 1 N–H and O–H groups in total. The van der Waals surface area contributed by atoms with E-state index in [0.717, 1.165) is 11.1 Å². The lowest BCUT2D eigenvalue weighted by Gasteiger charge is -2.09. The lowest BCUT2D eigenvalue weighted by atomic mass is 10.1. The summed E-state index contributed by atoms with van der Waals surface area (Å²) in [6.07, 6.45) is 0. The molecular formula is C20H14Cl2N4O2S. The molecule has 4 rings (SSSR count). The normalized spacial score (nSPS) is 11.5. The number of aromatic nitrogens is 4. The van der Waals surface area contributed by atoms with Crippen LogP contribution in [-0.2, 0) is 15.6 Å². The van der Waals surface area contributed by atoms with Crippen LogP contribution in [0.15, 0.2) is 71.6 Å². The van der Waals surface area contributed by atoms with Crippen LogP contribution in [0.2, 0.25) is 10.0 Å². The number of sulfone groups is 1. The van der Waals surface area contributed by atoms with Crippen LogP contribution >= 0.6 is 23.2 Å². The first-order chi connectivity index (χ1) is 13.9. The first-order valence-electron chi connectivity index (χ1n) is 8.53. The molecule has 0 bridgehead atoms. The van der Waals surface area contributed by atoms with Crippen LogP contribution in [0.3, 0.4) is 0 Å². The molecule has 0 saturated carbocycles. The topological polar surface area (TPSA) is 88.6 Å². The molecule has 0 aliphatic rings. The van der Waals surface area contributed by atoms with Gasteiger partial charge in [0.25, 0.3) is 0 Å². The second kappa shape index (κ2) is 7.94. The second-order valence-corrected chi connectivity index (χ2v) is 9.16. The summed E-state index contributed by atoms with van der Waals surface area (Å²) >= 11 is 12.1. The predicted molar refractivity (Wildman–Crippen MR) is 112 cm³/mol. The first kappa shape index (κ1) is 19.6. The lowest BCUT2D eigenvalue weighted by Crippen LogP contribution is -2.05. The highest BCUT2D eigenvalue weighted by atomic mass is 35.5. The SMILES string of the molecule is O=S(=O)(Cc1cccc(-c2nn[nH]n2)c1)c1cccc(-c2ccc(Cl)c(Cl)c2)c1. The number of nitrogens with zero attached hydrogens (tertiary/aromatic N) is 3. The molecule has 0 unspecified atom stereocenters. The minimum atomic E-state index is -3.57. The number of tetrazole rings is 1. The Morgan fingerprint density at radius 2 is 1.59 bits per heavy atom. The first-order valence-corrected chi connectivity index (χ1v) is 10.9. The van der Waals surface area contributed by atoms with Gasteiger partial charge in [-0.15, -0.1) is 10.2 Å². The van der Waals surface area contributed by atoms with Gasteiger partial charge in [-0.2, -0.15) is 5.21 Å². The Bertz CT molecular complexity index is 1280. The maximum atomic E-state index is 13.0. The smallest absolute Gasteiger partial charge is 0.204 e. The molecule has 0 atom stereocenters. The van der Waals surface area contributed by atoms with Crippen LogP contribution in [0.4, 0.5) is 0 Å². The minimum Gasteiger partial charge on any atom is -0.223 e. The van der Waals surface area contributed by atoms with Crippen LogP contribution in [0.1, 0.15) is 5.56 Å². The standard InChI is InChI=1S/C20H14Cl2N4O2S/c21-18-8-7-15(11-19(18)22)14-4-2-6-17(10-14)29(27,28)12-13-3-1-5-16(9-13)20-23-25-26-24-20/h1-11H,12H2,(H,23,24,25,26). The van der Waals surface area contributed by atoms with Crippen molar-refractivity contribution < 1.29 is 8.42 Å². The highest BCUT2D eigenvalue weighted by molar-refractivity contribution is 7.90. The molecule has 0 aliphatic carbocycles. The molecule has 3 aromatic carbocycles. The fraction of sp³-hybridized carbons (Fsp3) is 0.0500. The summed E-state index contributed by atoms with van der Waals surface area (Å²) in [5.74, 6) is 0.259. The Morgan fingerprint density at radius 1 is 0.828 bits per heavy atom. The average molecular weight is 445 g/mol. The summed E-state index contributed by atoms with van der Waals surface area (Å²) < 4.78 is 26.0. The summed E-state index contributed by atoms with van der Waals surface area (Å²) in [4.78, 5) is 0.228. The summed E-state index contributed by atoms with van der Waals surface area (Å²) in [5, 5.41) is 14.6. The molecule has 9 heteroatoms. The molecule has 0 spiro atoms. The van der Waals surface area contributed by atoms with Gasteiger partial charge in [0.2, 0.25) is 5.82 Å². The molecule has 1 aromatic heterocycles. The quantitative estimate of drug-likeness (QED) is 0.476. The number of H-pyrrole nitrogens is 1. The van der Waals surface area contributed by atoms with Crippen molar-refractivity contribution in [2.45, 2.75) is 10.6 Å². The number of halogens is 2. The van der Waals surface area contributed by atoms with Gasteiger partial charge in [-0.3, -0.25) is 0 Å². The summed E-state index contributed by atoms with van der Waals surface area (Å²) in [6, 6.07) is 19.0. The van der Waals surface area contributed by atoms with Gasteiger partial charge in [-0.1, -0.05) is 59.6 Å². The molecule has 1 heterocycles. The van der Waals surface area contributed by atoms with E-state index in [0.29, 0.717) is 27.0 Å². The molecule has 146 valence electrons. The third-order valence-electron chi connectivity index (χ3n) is 4.33. The van der Waals surface area contributed by atoms with Gasteiger partial charge in [0.05, 0.1) is 20.7 Å². The lowest BCUT2D eigenvalue weighted by molar-refractivity contribution is 0.595. The number of hydrogen-bond donors (Lipinski definition) is 1. The Morgan fingerprint density at radius 3 is 2.34 bits per heavy atom. The van der Waals surface area contributed by atoms with E-state index in [-0.39, 0.29) is 10.6 Å². The maximum absolute atomic E-state index is 13.0. The fourth-order valence-corrected chi connectivity index (χ4v) is 4.61. The third kappa shape index (κ3) is 4.32. The van der Waals surface area contributed by atoms with Crippen molar-refractivity contribution in [3.8, 4) is 22.5 Å². The van der Waals surface area contributed by atoms with E-state index in [1.165, 1.54) is 0 Å². The van der Waals surface area contributed by atoms with Gasteiger partial charge in [-0.05, 0) is 52.2 Å². The van der Waals surface area contributed by atoms with E-state index in [9.17, 15) is 8.42 Å². The molecule has 0 fully saturated rings. The fourth-order valence-electron chi connectivity index (χ4n) is 2.93. The number of nitrogens with one attached hydrogen (secondary N) is 1. The summed E-state index contributed by atoms with van der Waals surface area (Å²) in [6.45, 7) is 0. The van der Waals surface area contributed by atoms with Crippen LogP contribution in [0, 0.1) is 0 Å². The van der Waals surface area contributed by atoms with Crippen molar-refractivity contribution >= 4 is 33.0 Å². The number of hydrogen-bond acceptors (Lipinski definition) is 5. The van der Waals surface area contributed by atoms with Gasteiger partial charge < -0.3 is 0 Å². The van der Waals surface area contributed by atoms with Crippen molar-refractivity contribution in [2.75, 3.05) is 0 Å². The molecule has 29 heavy (non-hydrogen) atoms. The van der Waals surface area contributed by atoms with Gasteiger partial charge in [0.15, 0.2) is 9.84 Å². The molecule has 0 amide bonds. The van der Waals surface area contributed by atoms with Crippen molar-refractivity contribution in [2.24, 2.45) is 0 Å². The number of benzene rings is 3. The zero-order chi connectivity index (χ0) is 20.4. The van der Waals surface area contributed by atoms with E-state index in [1.54, 1.807) is 60.7 Å². The maximum Gasteiger partial charge on any atom is 0.204 e. The summed E-state index contributed by atoms with van der Waals surface area (Å²) in [7, 11) is -3.57. The Kier molecular flexibility index (Phi) is 5.36. The minimum absolute atomic E-state index is 0.149. The molecular weight excluding hydrogens is 431 g/mol. The van der Waals surface area contributed by atoms with Gasteiger partial charge in [0, 0.05) is 5.56 Å². The van der Waals surface area contributed by atoms with Crippen molar-refractivity contribution in [1.29, 1.82) is 0 Å². The van der Waals surface area contributed by atoms with E-state index in [1.807, 2.05) is 6.07 Å². The zero-order valence-electron chi connectivity index (χ0n) is 14.9. The molecule has 6 nitrogen and oxygen atoms in total.